The molecule has 7 nitrogen and oxygen atoms in total. The van der Waals surface area contributed by atoms with Gasteiger partial charge in [-0.2, -0.15) is 5.10 Å². The first-order valence-electron chi connectivity index (χ1n) is 10.2. The van der Waals surface area contributed by atoms with Crippen LogP contribution in [0.5, 0.6) is 0 Å². The van der Waals surface area contributed by atoms with Gasteiger partial charge < -0.3 is 5.32 Å². The summed E-state index contributed by atoms with van der Waals surface area (Å²) in [4.78, 5) is 29.8. The minimum Gasteiger partial charge on any atom is -0.350 e. The Bertz CT molecular complexity index is 1300. The van der Waals surface area contributed by atoms with Crippen molar-refractivity contribution in [3.8, 4) is 0 Å². The van der Waals surface area contributed by atoms with Crippen molar-refractivity contribution >= 4 is 16.9 Å². The second kappa shape index (κ2) is 8.55. The van der Waals surface area contributed by atoms with Gasteiger partial charge in [-0.15, -0.1) is 0 Å². The molecule has 4 aromatic rings. The molecule has 0 aliphatic heterocycles. The number of aryl methyl sites for hydroxylation is 3. The molecule has 0 fully saturated rings. The molecule has 0 bridgehead atoms. The lowest BCUT2D eigenvalue weighted by atomic mass is 10.1. The first kappa shape index (κ1) is 20.5. The van der Waals surface area contributed by atoms with Gasteiger partial charge in [0.05, 0.1) is 19.3 Å². The molecule has 7 heteroatoms. The van der Waals surface area contributed by atoms with Gasteiger partial charge in [0.2, 0.25) is 0 Å². The number of nitrogens with one attached hydrogen (secondary N) is 1. The van der Waals surface area contributed by atoms with Crippen LogP contribution in [0.1, 0.15) is 32.6 Å². The summed E-state index contributed by atoms with van der Waals surface area (Å²) < 4.78 is 3.25. The molecule has 1 amide bonds. The minimum atomic E-state index is -0.128. The number of amides is 1. The summed E-state index contributed by atoms with van der Waals surface area (Å²) >= 11 is 0. The molecule has 0 spiro atoms. The molecule has 1 N–H and O–H groups in total. The molecule has 0 atom stereocenters. The largest absolute Gasteiger partial charge is 0.350 e. The van der Waals surface area contributed by atoms with Crippen LogP contribution in [0.15, 0.2) is 59.8 Å². The van der Waals surface area contributed by atoms with Crippen LogP contribution < -0.4 is 10.9 Å². The van der Waals surface area contributed by atoms with Gasteiger partial charge in [-0.3, -0.25) is 14.2 Å². The minimum absolute atomic E-state index is 0.126. The highest BCUT2D eigenvalue weighted by Crippen LogP contribution is 2.11. The van der Waals surface area contributed by atoms with Crippen LogP contribution in [0.4, 0.5) is 0 Å². The lowest BCUT2D eigenvalue weighted by Crippen LogP contribution is -2.28. The molecular weight excluding hydrogens is 390 g/mol. The van der Waals surface area contributed by atoms with Gasteiger partial charge in [0, 0.05) is 12.1 Å². The Morgan fingerprint density at radius 3 is 2.55 bits per heavy atom. The van der Waals surface area contributed by atoms with Crippen molar-refractivity contribution in [1.29, 1.82) is 0 Å². The van der Waals surface area contributed by atoms with Gasteiger partial charge in [-0.1, -0.05) is 41.5 Å². The summed E-state index contributed by atoms with van der Waals surface area (Å²) in [6.07, 6.45) is 3.11. The van der Waals surface area contributed by atoms with E-state index in [1.54, 1.807) is 21.8 Å². The van der Waals surface area contributed by atoms with Crippen molar-refractivity contribution in [3.05, 3.63) is 93.2 Å². The predicted molar refractivity (Wildman–Crippen MR) is 120 cm³/mol. The number of hydrogen-bond acceptors (Lipinski definition) is 4. The molecule has 0 aliphatic carbocycles. The highest BCUT2D eigenvalue weighted by Gasteiger charge is 2.12. The van der Waals surface area contributed by atoms with E-state index in [2.05, 4.69) is 15.4 Å². The van der Waals surface area contributed by atoms with Crippen LogP contribution in [-0.2, 0) is 13.1 Å². The molecule has 0 unspecified atom stereocenters. The lowest BCUT2D eigenvalue weighted by Gasteiger charge is -2.09. The van der Waals surface area contributed by atoms with Gasteiger partial charge in [-0.05, 0) is 44.0 Å². The number of benzene rings is 2. The molecule has 2 aromatic heterocycles. The summed E-state index contributed by atoms with van der Waals surface area (Å²) in [5.74, 6) is -0.128. The number of carbonyl (C=O) groups is 1. The molecular formula is C24H25N5O2. The number of aromatic nitrogens is 4. The second-order valence-electron chi connectivity index (χ2n) is 7.84. The normalized spacial score (nSPS) is 11.1. The highest BCUT2D eigenvalue weighted by atomic mass is 16.1. The Hall–Kier alpha value is -3.74. The fourth-order valence-corrected chi connectivity index (χ4v) is 3.73. The number of hydrogen-bond donors (Lipinski definition) is 1. The monoisotopic (exact) mass is 415 g/mol. The van der Waals surface area contributed by atoms with Crippen LogP contribution in [0, 0.1) is 20.8 Å². The van der Waals surface area contributed by atoms with Crippen molar-refractivity contribution < 1.29 is 4.79 Å². The Balaban J connectivity index is 1.47. The SMILES string of the molecule is Cc1cc(C)cc(C(=O)NCCn2ncc3c(=O)n(Cc4ccccc4C)cnc32)c1. The zero-order valence-electron chi connectivity index (χ0n) is 17.9. The summed E-state index contributed by atoms with van der Waals surface area (Å²) in [6, 6.07) is 13.7. The third kappa shape index (κ3) is 4.40. The first-order chi connectivity index (χ1) is 14.9. The van der Waals surface area contributed by atoms with Crippen LogP contribution >= 0.6 is 0 Å². The molecule has 0 saturated carbocycles. The van der Waals surface area contributed by atoms with Gasteiger partial charge in [0.15, 0.2) is 5.65 Å². The maximum Gasteiger partial charge on any atom is 0.264 e. The van der Waals surface area contributed by atoms with Crippen molar-refractivity contribution in [2.24, 2.45) is 0 Å². The van der Waals surface area contributed by atoms with Crippen LogP contribution in [0.2, 0.25) is 0 Å². The molecule has 0 saturated heterocycles. The Kier molecular flexibility index (Phi) is 5.66. The molecule has 0 aliphatic rings. The van der Waals surface area contributed by atoms with Crippen molar-refractivity contribution in [2.75, 3.05) is 6.54 Å². The fourth-order valence-electron chi connectivity index (χ4n) is 3.73. The van der Waals surface area contributed by atoms with E-state index in [1.807, 2.05) is 63.2 Å². The molecule has 158 valence electrons. The lowest BCUT2D eigenvalue weighted by molar-refractivity contribution is 0.0952. The van der Waals surface area contributed by atoms with E-state index < -0.39 is 0 Å². The number of rotatable bonds is 6. The van der Waals surface area contributed by atoms with E-state index >= 15 is 0 Å². The molecule has 2 aromatic carbocycles. The number of nitrogens with zero attached hydrogens (tertiary/aromatic N) is 4. The van der Waals surface area contributed by atoms with E-state index in [0.717, 1.165) is 22.3 Å². The molecule has 4 rings (SSSR count). The van der Waals surface area contributed by atoms with Crippen LogP contribution in [0.3, 0.4) is 0 Å². The number of carbonyl (C=O) groups excluding carboxylic acids is 1. The summed E-state index contributed by atoms with van der Waals surface area (Å²) in [5.41, 5.74) is 5.34. The second-order valence-corrected chi connectivity index (χ2v) is 7.84. The average Bonchev–Trinajstić information content (AvgIpc) is 3.14. The van der Waals surface area contributed by atoms with E-state index in [9.17, 15) is 9.59 Å². The average molecular weight is 415 g/mol. The zero-order valence-corrected chi connectivity index (χ0v) is 17.9. The van der Waals surface area contributed by atoms with E-state index in [1.165, 1.54) is 0 Å². The van der Waals surface area contributed by atoms with Crippen LogP contribution in [-0.4, -0.2) is 31.8 Å². The van der Waals surface area contributed by atoms with Gasteiger partial charge in [0.1, 0.15) is 11.7 Å². The smallest absolute Gasteiger partial charge is 0.264 e. The van der Waals surface area contributed by atoms with Gasteiger partial charge in [-0.25, -0.2) is 9.67 Å². The van der Waals surface area contributed by atoms with Gasteiger partial charge in [0.25, 0.3) is 11.5 Å². The summed E-state index contributed by atoms with van der Waals surface area (Å²) in [7, 11) is 0. The zero-order chi connectivity index (χ0) is 22.0. The first-order valence-corrected chi connectivity index (χ1v) is 10.2. The quantitative estimate of drug-likeness (QED) is 0.525. The molecule has 2 heterocycles. The van der Waals surface area contributed by atoms with Gasteiger partial charge >= 0.3 is 0 Å². The maximum absolute atomic E-state index is 12.9. The highest BCUT2D eigenvalue weighted by molar-refractivity contribution is 5.94. The van der Waals surface area contributed by atoms with E-state index in [4.69, 9.17) is 0 Å². The Morgan fingerprint density at radius 2 is 1.81 bits per heavy atom. The fraction of sp³-hybridized carbons (Fsp3) is 0.250. The summed E-state index contributed by atoms with van der Waals surface area (Å²) in [5, 5.41) is 7.69. The third-order valence-electron chi connectivity index (χ3n) is 5.32. The topological polar surface area (TPSA) is 81.8 Å². The maximum atomic E-state index is 12.9. The Labute approximate surface area is 180 Å². The standard InChI is InChI=1S/C24H25N5O2/c1-16-10-17(2)12-20(11-16)23(30)25-8-9-29-22-21(13-27-29)24(31)28(15-26-22)14-19-7-5-4-6-18(19)3/h4-7,10-13,15H,8-9,14H2,1-3H3,(H,25,30). The summed E-state index contributed by atoms with van der Waals surface area (Å²) in [6.45, 7) is 7.24. The van der Waals surface area contributed by atoms with Crippen molar-refractivity contribution in [2.45, 2.75) is 33.9 Å². The molecule has 0 radical (unpaired) electrons. The van der Waals surface area contributed by atoms with E-state index in [0.29, 0.717) is 36.2 Å². The number of fused-ring (bicyclic) bond motifs is 1. The van der Waals surface area contributed by atoms with E-state index in [-0.39, 0.29) is 11.5 Å². The predicted octanol–water partition coefficient (Wildman–Crippen LogP) is 3.00. The van der Waals surface area contributed by atoms with Crippen molar-refractivity contribution in [3.63, 3.8) is 0 Å². The van der Waals surface area contributed by atoms with Crippen molar-refractivity contribution in [1.82, 2.24) is 24.6 Å². The molecule has 31 heavy (non-hydrogen) atoms. The van der Waals surface area contributed by atoms with Crippen LogP contribution in [0.25, 0.3) is 11.0 Å². The Morgan fingerprint density at radius 1 is 1.06 bits per heavy atom. The third-order valence-corrected chi connectivity index (χ3v) is 5.32.